The molecule has 1 heterocycles. The number of carbonyl (C=O) groups excluding carboxylic acids is 1. The van der Waals surface area contributed by atoms with E-state index in [1.165, 1.54) is 19.2 Å². The third-order valence-corrected chi connectivity index (χ3v) is 5.52. The smallest absolute Gasteiger partial charge is 0.347 e. The van der Waals surface area contributed by atoms with Crippen molar-refractivity contribution in [2.75, 3.05) is 7.11 Å². The average Bonchev–Trinajstić information content (AvgIpc) is 2.93. The fourth-order valence-corrected chi connectivity index (χ4v) is 3.83. The van der Waals surface area contributed by atoms with Crippen LogP contribution in [0.5, 0.6) is 28.7 Å². The molecule has 170 valence electrons. The molecular formula is C25H23NO7. The van der Waals surface area contributed by atoms with Crippen LogP contribution >= 0.6 is 0 Å². The van der Waals surface area contributed by atoms with Crippen molar-refractivity contribution >= 4 is 11.9 Å². The highest BCUT2D eigenvalue weighted by atomic mass is 16.6. The molecule has 8 heteroatoms. The number of hydrogen-bond acceptors (Lipinski definition) is 7. The van der Waals surface area contributed by atoms with E-state index in [1.807, 2.05) is 30.3 Å². The van der Waals surface area contributed by atoms with Crippen molar-refractivity contribution in [1.29, 1.82) is 0 Å². The summed E-state index contributed by atoms with van der Waals surface area (Å²) < 4.78 is 16.9. The minimum Gasteiger partial charge on any atom is -0.507 e. The number of nitrogens with one attached hydrogen (secondary N) is 1. The molecule has 0 aromatic heterocycles. The summed E-state index contributed by atoms with van der Waals surface area (Å²) in [6.07, 6.45) is 0. The van der Waals surface area contributed by atoms with E-state index in [-0.39, 0.29) is 46.4 Å². The number of fused-ring (bicyclic) bond motifs is 2. The Morgan fingerprint density at radius 2 is 1.76 bits per heavy atom. The predicted molar refractivity (Wildman–Crippen MR) is 120 cm³/mol. The van der Waals surface area contributed by atoms with Gasteiger partial charge in [0.2, 0.25) is 0 Å². The van der Waals surface area contributed by atoms with Gasteiger partial charge in [0.15, 0.2) is 17.2 Å². The van der Waals surface area contributed by atoms with Gasteiger partial charge in [-0.15, -0.1) is 0 Å². The summed E-state index contributed by atoms with van der Waals surface area (Å²) in [4.78, 5) is 25.1. The predicted octanol–water partition coefficient (Wildman–Crippen LogP) is 4.33. The second-order valence-electron chi connectivity index (χ2n) is 7.69. The van der Waals surface area contributed by atoms with Crippen LogP contribution in [0.3, 0.4) is 0 Å². The van der Waals surface area contributed by atoms with Crippen LogP contribution in [0.15, 0.2) is 42.5 Å². The Hall–Kier alpha value is -4.04. The molecule has 1 aliphatic heterocycles. The molecule has 3 N–H and O–H groups in total. The van der Waals surface area contributed by atoms with Crippen molar-refractivity contribution in [3.63, 3.8) is 0 Å². The van der Waals surface area contributed by atoms with Crippen molar-refractivity contribution in [2.45, 2.75) is 26.9 Å². The van der Waals surface area contributed by atoms with E-state index in [0.29, 0.717) is 23.2 Å². The molecule has 33 heavy (non-hydrogen) atoms. The van der Waals surface area contributed by atoms with Crippen molar-refractivity contribution in [1.82, 2.24) is 5.32 Å². The van der Waals surface area contributed by atoms with Crippen LogP contribution < -0.4 is 19.5 Å². The van der Waals surface area contributed by atoms with Crippen LogP contribution in [0.25, 0.3) is 0 Å². The van der Waals surface area contributed by atoms with E-state index in [9.17, 15) is 19.8 Å². The van der Waals surface area contributed by atoms with E-state index in [2.05, 4.69) is 5.32 Å². The van der Waals surface area contributed by atoms with Crippen LogP contribution in [-0.4, -0.2) is 29.3 Å². The highest BCUT2D eigenvalue weighted by molar-refractivity contribution is 6.00. The number of phenols is 1. The standard InChI is InChI=1S/C25H23NO7/c1-13-9-18(27)17(12-26-11-15-7-5-4-6-8-15)22-20(13)25(30)33-21-14(2)19(31-3)10-16(24(28)29)23(21)32-22/h4-10,26-27H,11-12H2,1-3H3,(H,28,29). The number of methoxy groups -OCH3 is 1. The second-order valence-corrected chi connectivity index (χ2v) is 7.69. The molecule has 0 spiro atoms. The van der Waals surface area contributed by atoms with Crippen LogP contribution in [0.1, 0.15) is 43.0 Å². The average molecular weight is 449 g/mol. The maximum absolute atomic E-state index is 13.1. The van der Waals surface area contributed by atoms with Gasteiger partial charge in [-0.05, 0) is 37.1 Å². The van der Waals surface area contributed by atoms with Gasteiger partial charge < -0.3 is 29.7 Å². The minimum atomic E-state index is -1.27. The summed E-state index contributed by atoms with van der Waals surface area (Å²) in [5.74, 6) is -1.91. The van der Waals surface area contributed by atoms with Crippen molar-refractivity contribution in [3.05, 3.63) is 75.8 Å². The van der Waals surface area contributed by atoms with Gasteiger partial charge in [-0.3, -0.25) is 0 Å². The van der Waals surface area contributed by atoms with Crippen molar-refractivity contribution < 1.29 is 34.0 Å². The van der Waals surface area contributed by atoms with Gasteiger partial charge in [-0.25, -0.2) is 9.59 Å². The molecule has 0 saturated carbocycles. The van der Waals surface area contributed by atoms with E-state index in [0.717, 1.165) is 5.56 Å². The first-order valence-corrected chi connectivity index (χ1v) is 10.3. The molecule has 0 aliphatic carbocycles. The van der Waals surface area contributed by atoms with E-state index in [1.54, 1.807) is 13.8 Å². The lowest BCUT2D eigenvalue weighted by Crippen LogP contribution is -2.16. The van der Waals surface area contributed by atoms with Gasteiger partial charge in [0.05, 0.1) is 12.7 Å². The van der Waals surface area contributed by atoms with Crippen LogP contribution in [0, 0.1) is 13.8 Å². The fourth-order valence-electron chi connectivity index (χ4n) is 3.83. The lowest BCUT2D eigenvalue weighted by Gasteiger charge is -2.18. The first kappa shape index (κ1) is 22.2. The van der Waals surface area contributed by atoms with Crippen LogP contribution in [-0.2, 0) is 13.1 Å². The molecule has 0 saturated heterocycles. The number of esters is 1. The fraction of sp³-hybridized carbons (Fsp3) is 0.200. The Morgan fingerprint density at radius 1 is 1.03 bits per heavy atom. The normalized spacial score (nSPS) is 12.2. The number of ether oxygens (including phenoxy) is 3. The quantitative estimate of drug-likeness (QED) is 0.376. The van der Waals surface area contributed by atoms with Crippen LogP contribution in [0.4, 0.5) is 0 Å². The van der Waals surface area contributed by atoms with Gasteiger partial charge in [0, 0.05) is 18.7 Å². The highest BCUT2D eigenvalue weighted by Crippen LogP contribution is 2.48. The second kappa shape index (κ2) is 8.84. The first-order valence-electron chi connectivity index (χ1n) is 10.3. The van der Waals surface area contributed by atoms with E-state index in [4.69, 9.17) is 14.2 Å². The van der Waals surface area contributed by atoms with Gasteiger partial charge in [-0.1, -0.05) is 30.3 Å². The molecule has 4 rings (SSSR count). The highest BCUT2D eigenvalue weighted by Gasteiger charge is 2.34. The molecule has 0 unspecified atom stereocenters. The monoisotopic (exact) mass is 449 g/mol. The maximum atomic E-state index is 13.1. The SMILES string of the molecule is COc1cc(C(=O)O)c2c(c1C)OC(=O)c1c(C)cc(O)c(CNCc3ccccc3)c1O2. The van der Waals surface area contributed by atoms with Gasteiger partial charge in [0.1, 0.15) is 22.6 Å². The molecule has 0 fully saturated rings. The lowest BCUT2D eigenvalue weighted by atomic mass is 10.0. The Bertz CT molecular complexity index is 1250. The molecule has 0 amide bonds. The van der Waals surface area contributed by atoms with E-state index >= 15 is 0 Å². The molecule has 0 atom stereocenters. The summed E-state index contributed by atoms with van der Waals surface area (Å²) in [5, 5.41) is 23.7. The number of benzene rings is 3. The number of carboxylic acids is 1. The number of carboxylic acid groups (broad SMARTS) is 1. The topological polar surface area (TPSA) is 114 Å². The number of phenolic OH excluding ortho intramolecular Hbond substituents is 1. The first-order chi connectivity index (χ1) is 15.8. The van der Waals surface area contributed by atoms with Gasteiger partial charge >= 0.3 is 11.9 Å². The maximum Gasteiger partial charge on any atom is 0.347 e. The number of aromatic carboxylic acids is 1. The third-order valence-electron chi connectivity index (χ3n) is 5.52. The Morgan fingerprint density at radius 3 is 2.42 bits per heavy atom. The molecule has 0 radical (unpaired) electrons. The Labute approximate surface area is 190 Å². The molecular weight excluding hydrogens is 426 g/mol. The summed E-state index contributed by atoms with van der Waals surface area (Å²) in [6, 6.07) is 12.5. The summed E-state index contributed by atoms with van der Waals surface area (Å²) in [7, 11) is 1.40. The van der Waals surface area contributed by atoms with Crippen molar-refractivity contribution in [2.24, 2.45) is 0 Å². The Balaban J connectivity index is 1.81. The summed E-state index contributed by atoms with van der Waals surface area (Å²) >= 11 is 0. The summed E-state index contributed by atoms with van der Waals surface area (Å²) in [6.45, 7) is 3.97. The van der Waals surface area contributed by atoms with Gasteiger partial charge in [-0.2, -0.15) is 0 Å². The number of rotatable bonds is 6. The summed E-state index contributed by atoms with van der Waals surface area (Å²) in [5.41, 5.74) is 2.11. The number of hydrogen-bond donors (Lipinski definition) is 3. The number of carbonyl (C=O) groups is 2. The van der Waals surface area contributed by atoms with Crippen molar-refractivity contribution in [3.8, 4) is 28.7 Å². The molecule has 3 aromatic rings. The Kier molecular flexibility index (Phi) is 5.93. The molecule has 1 aliphatic rings. The largest absolute Gasteiger partial charge is 0.507 e. The number of aryl methyl sites for hydroxylation is 1. The van der Waals surface area contributed by atoms with Gasteiger partial charge in [0.25, 0.3) is 0 Å². The zero-order valence-electron chi connectivity index (χ0n) is 18.4. The zero-order chi connectivity index (χ0) is 23.7. The molecule has 3 aromatic carbocycles. The third kappa shape index (κ3) is 4.08. The van der Waals surface area contributed by atoms with Crippen LogP contribution in [0.2, 0.25) is 0 Å². The molecule has 0 bridgehead atoms. The zero-order valence-corrected chi connectivity index (χ0v) is 18.4. The lowest BCUT2D eigenvalue weighted by molar-refractivity contribution is 0.0685. The molecule has 8 nitrogen and oxygen atoms in total. The number of aromatic hydroxyl groups is 1. The van der Waals surface area contributed by atoms with E-state index < -0.39 is 11.9 Å². The minimum absolute atomic E-state index is 0.0324.